The summed E-state index contributed by atoms with van der Waals surface area (Å²) in [6.07, 6.45) is 0. The molecule has 4 heteroatoms. The highest BCUT2D eigenvalue weighted by Gasteiger charge is 2.09. The third-order valence-electron chi connectivity index (χ3n) is 2.83. The molecule has 0 saturated carbocycles. The highest BCUT2D eigenvalue weighted by Crippen LogP contribution is 2.32. The molecule has 0 aromatic heterocycles. The van der Waals surface area contributed by atoms with E-state index in [1.807, 2.05) is 12.1 Å². The van der Waals surface area contributed by atoms with Crippen molar-refractivity contribution in [1.29, 1.82) is 0 Å². The second-order valence-electron chi connectivity index (χ2n) is 4.10. The first-order valence-electron chi connectivity index (χ1n) is 5.67. The zero-order valence-electron chi connectivity index (χ0n) is 10.5. The molecule has 0 spiro atoms. The van der Waals surface area contributed by atoms with E-state index in [-0.39, 0.29) is 5.78 Å². The monoisotopic (exact) mass is 294 g/mol. The van der Waals surface area contributed by atoms with Crippen LogP contribution in [-0.2, 0) is 0 Å². The number of carbonyl (C=O) groups excluding carboxylic acids is 1. The molecule has 2 nitrogen and oxygen atoms in total. The second-order valence-corrected chi connectivity index (χ2v) is 4.91. The lowest BCUT2D eigenvalue weighted by atomic mass is 10.0. The van der Waals surface area contributed by atoms with Crippen LogP contribution >= 0.6 is 23.2 Å². The van der Waals surface area contributed by atoms with E-state index in [4.69, 9.17) is 27.9 Å². The van der Waals surface area contributed by atoms with Gasteiger partial charge in [0.15, 0.2) is 5.78 Å². The van der Waals surface area contributed by atoms with Gasteiger partial charge in [-0.05, 0) is 42.3 Å². The van der Waals surface area contributed by atoms with Crippen molar-refractivity contribution in [2.24, 2.45) is 0 Å². The van der Waals surface area contributed by atoms with E-state index >= 15 is 0 Å². The third kappa shape index (κ3) is 2.91. The summed E-state index contributed by atoms with van der Waals surface area (Å²) < 4.78 is 5.11. The molecule has 0 fully saturated rings. The Bertz CT molecular complexity index is 636. The first-order valence-corrected chi connectivity index (χ1v) is 6.43. The maximum atomic E-state index is 11.3. The fourth-order valence-electron chi connectivity index (χ4n) is 1.83. The van der Waals surface area contributed by atoms with Gasteiger partial charge in [-0.25, -0.2) is 0 Å². The first kappa shape index (κ1) is 13.9. The maximum absolute atomic E-state index is 11.3. The number of hydrogen-bond acceptors (Lipinski definition) is 2. The summed E-state index contributed by atoms with van der Waals surface area (Å²) >= 11 is 12.2. The third-order valence-corrected chi connectivity index (χ3v) is 3.44. The average molecular weight is 295 g/mol. The zero-order valence-corrected chi connectivity index (χ0v) is 12.0. The van der Waals surface area contributed by atoms with E-state index in [1.54, 1.807) is 31.4 Å². The van der Waals surface area contributed by atoms with E-state index in [0.29, 0.717) is 21.4 Å². The van der Waals surface area contributed by atoms with Crippen LogP contribution < -0.4 is 4.74 Å². The van der Waals surface area contributed by atoms with Gasteiger partial charge in [-0.2, -0.15) is 0 Å². The van der Waals surface area contributed by atoms with E-state index in [0.717, 1.165) is 11.1 Å². The molecule has 0 unspecified atom stereocenters. The minimum absolute atomic E-state index is 0.0516. The van der Waals surface area contributed by atoms with Gasteiger partial charge in [0.05, 0.1) is 17.2 Å². The van der Waals surface area contributed by atoms with Gasteiger partial charge in [0.25, 0.3) is 0 Å². The molecular weight excluding hydrogens is 283 g/mol. The van der Waals surface area contributed by atoms with Gasteiger partial charge >= 0.3 is 0 Å². The summed E-state index contributed by atoms with van der Waals surface area (Å²) in [7, 11) is 1.57. The molecule has 2 aromatic carbocycles. The van der Waals surface area contributed by atoms with E-state index in [1.165, 1.54) is 6.92 Å². The van der Waals surface area contributed by atoms with Gasteiger partial charge in [-0.3, -0.25) is 4.79 Å². The van der Waals surface area contributed by atoms with E-state index in [9.17, 15) is 4.79 Å². The Morgan fingerprint density at radius 1 is 1.00 bits per heavy atom. The van der Waals surface area contributed by atoms with Crippen molar-refractivity contribution < 1.29 is 9.53 Å². The van der Waals surface area contributed by atoms with Crippen molar-refractivity contribution in [3.05, 3.63) is 52.0 Å². The highest BCUT2D eigenvalue weighted by molar-refractivity contribution is 6.34. The fraction of sp³-hybridized carbons (Fsp3) is 0.133. The van der Waals surface area contributed by atoms with Crippen LogP contribution in [0.15, 0.2) is 36.4 Å². The molecule has 0 amide bonds. The Balaban J connectivity index is 2.45. The predicted octanol–water partition coefficient (Wildman–Crippen LogP) is 4.87. The molecule has 0 bridgehead atoms. The molecular formula is C15H12Cl2O2. The van der Waals surface area contributed by atoms with Crippen molar-refractivity contribution in [1.82, 2.24) is 0 Å². The predicted molar refractivity (Wildman–Crippen MR) is 78.5 cm³/mol. The second kappa shape index (κ2) is 5.64. The molecule has 2 rings (SSSR count). The van der Waals surface area contributed by atoms with Crippen LogP contribution in [0.1, 0.15) is 17.3 Å². The minimum atomic E-state index is -0.0516. The number of hydrogen-bond donors (Lipinski definition) is 0. The van der Waals surface area contributed by atoms with E-state index < -0.39 is 0 Å². The zero-order chi connectivity index (χ0) is 14.0. The number of ether oxygens (including phenoxy) is 1. The fourth-order valence-corrected chi connectivity index (χ4v) is 2.40. The van der Waals surface area contributed by atoms with Crippen molar-refractivity contribution in [3.63, 3.8) is 0 Å². The summed E-state index contributed by atoms with van der Waals surface area (Å²) in [4.78, 5) is 11.3. The molecule has 0 atom stereocenters. The van der Waals surface area contributed by atoms with Gasteiger partial charge in [0.2, 0.25) is 0 Å². The lowest BCUT2D eigenvalue weighted by Crippen LogP contribution is -1.93. The topological polar surface area (TPSA) is 26.3 Å². The van der Waals surface area contributed by atoms with Crippen LogP contribution in [0.2, 0.25) is 10.0 Å². The maximum Gasteiger partial charge on any atom is 0.161 e. The highest BCUT2D eigenvalue weighted by atomic mass is 35.5. The standard InChI is InChI=1S/C15H12Cl2O2/c1-9(18)12-5-3-10(7-13(12)16)11-4-6-15(19-2)14(17)8-11/h3-8H,1-2H3. The lowest BCUT2D eigenvalue weighted by Gasteiger charge is -2.08. The number of benzene rings is 2. The number of carbonyl (C=O) groups is 1. The Hall–Kier alpha value is -1.51. The first-order chi connectivity index (χ1) is 9.02. The molecule has 0 aliphatic heterocycles. The number of ketones is 1. The van der Waals surface area contributed by atoms with Crippen molar-refractivity contribution in [3.8, 4) is 16.9 Å². The van der Waals surface area contributed by atoms with Crippen LogP contribution in [0.5, 0.6) is 5.75 Å². The summed E-state index contributed by atoms with van der Waals surface area (Å²) in [5.41, 5.74) is 2.34. The number of methoxy groups -OCH3 is 1. The van der Waals surface area contributed by atoms with Gasteiger partial charge in [-0.1, -0.05) is 35.3 Å². The van der Waals surface area contributed by atoms with E-state index in [2.05, 4.69) is 0 Å². The van der Waals surface area contributed by atoms with Gasteiger partial charge in [0, 0.05) is 5.56 Å². The van der Waals surface area contributed by atoms with Crippen molar-refractivity contribution >= 4 is 29.0 Å². The van der Waals surface area contributed by atoms with Crippen LogP contribution in [0.4, 0.5) is 0 Å². The number of halogens is 2. The summed E-state index contributed by atoms with van der Waals surface area (Å²) in [5, 5.41) is 0.976. The molecule has 0 N–H and O–H groups in total. The van der Waals surface area contributed by atoms with Gasteiger partial charge < -0.3 is 4.74 Å². The Morgan fingerprint density at radius 3 is 2.05 bits per heavy atom. The molecule has 0 heterocycles. The SMILES string of the molecule is COc1ccc(-c2ccc(C(C)=O)c(Cl)c2)cc1Cl. The number of rotatable bonds is 3. The lowest BCUT2D eigenvalue weighted by molar-refractivity contribution is 0.101. The van der Waals surface area contributed by atoms with Crippen molar-refractivity contribution in [2.45, 2.75) is 6.92 Å². The average Bonchev–Trinajstić information content (AvgIpc) is 2.38. The van der Waals surface area contributed by atoms with Gasteiger partial charge in [-0.15, -0.1) is 0 Å². The largest absolute Gasteiger partial charge is 0.495 e. The Morgan fingerprint density at radius 2 is 1.58 bits per heavy atom. The quantitative estimate of drug-likeness (QED) is 0.755. The van der Waals surface area contributed by atoms with Crippen LogP contribution in [0, 0.1) is 0 Å². The normalized spacial score (nSPS) is 10.3. The molecule has 2 aromatic rings. The summed E-state index contributed by atoms with van der Waals surface area (Å²) in [6.45, 7) is 1.49. The Labute approximate surface area is 121 Å². The summed E-state index contributed by atoms with van der Waals surface area (Å²) in [5.74, 6) is 0.571. The smallest absolute Gasteiger partial charge is 0.161 e. The molecule has 0 saturated heterocycles. The van der Waals surface area contributed by atoms with Crippen LogP contribution in [-0.4, -0.2) is 12.9 Å². The molecule has 0 aliphatic rings. The Kier molecular flexibility index (Phi) is 4.13. The van der Waals surface area contributed by atoms with Gasteiger partial charge in [0.1, 0.15) is 5.75 Å². The van der Waals surface area contributed by atoms with Crippen LogP contribution in [0.25, 0.3) is 11.1 Å². The van der Waals surface area contributed by atoms with Crippen LogP contribution in [0.3, 0.4) is 0 Å². The molecule has 0 aliphatic carbocycles. The molecule has 98 valence electrons. The molecule has 19 heavy (non-hydrogen) atoms. The van der Waals surface area contributed by atoms with Crippen molar-refractivity contribution in [2.75, 3.05) is 7.11 Å². The summed E-state index contributed by atoms with van der Waals surface area (Å²) in [6, 6.07) is 10.8. The minimum Gasteiger partial charge on any atom is -0.495 e. The number of Topliss-reactive ketones (excluding diaryl/α,β-unsaturated/α-hetero) is 1. The molecule has 0 radical (unpaired) electrons.